The summed E-state index contributed by atoms with van der Waals surface area (Å²) in [6.07, 6.45) is 0. The predicted octanol–water partition coefficient (Wildman–Crippen LogP) is 1.35. The summed E-state index contributed by atoms with van der Waals surface area (Å²) in [5.74, 6) is 0.247. The quantitative estimate of drug-likeness (QED) is 0.634. The highest BCUT2D eigenvalue weighted by Crippen LogP contribution is 2.32. The van der Waals surface area contributed by atoms with Gasteiger partial charge in [-0.1, -0.05) is 5.21 Å². The first-order valence-corrected chi connectivity index (χ1v) is 8.38. The molecule has 0 aliphatic rings. The number of benzene rings is 1. The zero-order chi connectivity index (χ0) is 14.9. The van der Waals surface area contributed by atoms with Gasteiger partial charge in [0.05, 0.1) is 6.04 Å². The molecule has 1 atom stereocenters. The molecule has 0 fully saturated rings. The maximum atomic E-state index is 12.4. The normalized spacial score (nSPS) is 13.3. The van der Waals surface area contributed by atoms with E-state index in [0.717, 1.165) is 0 Å². The number of hydrogen-bond acceptors (Lipinski definition) is 6. The highest BCUT2D eigenvalue weighted by Gasteiger charge is 2.25. The van der Waals surface area contributed by atoms with E-state index in [2.05, 4.69) is 57.2 Å². The van der Waals surface area contributed by atoms with E-state index in [1.807, 2.05) is 0 Å². The van der Waals surface area contributed by atoms with Gasteiger partial charge >= 0.3 is 0 Å². The number of tetrazole rings is 1. The predicted molar refractivity (Wildman–Crippen MR) is 79.2 cm³/mol. The van der Waals surface area contributed by atoms with Crippen LogP contribution in [0.1, 0.15) is 18.8 Å². The van der Waals surface area contributed by atoms with Crippen LogP contribution < -0.4 is 10.5 Å². The molecule has 1 aromatic heterocycles. The number of nitrogens with zero attached hydrogens (tertiary/aromatic N) is 3. The molecule has 0 saturated carbocycles. The molecular formula is C9H10Br2N6O2S. The molecule has 0 aliphatic heterocycles. The number of halogens is 2. The molecule has 2 aromatic rings. The lowest BCUT2D eigenvalue weighted by Crippen LogP contribution is -2.28. The largest absolute Gasteiger partial charge is 0.399 e. The van der Waals surface area contributed by atoms with Gasteiger partial charge in [0.15, 0.2) is 5.82 Å². The molecule has 0 amide bonds. The van der Waals surface area contributed by atoms with Crippen molar-refractivity contribution in [2.24, 2.45) is 0 Å². The Balaban J connectivity index is 2.37. The van der Waals surface area contributed by atoms with Crippen molar-refractivity contribution in [1.82, 2.24) is 25.3 Å². The minimum absolute atomic E-state index is 0.0574. The first-order chi connectivity index (χ1) is 9.31. The van der Waals surface area contributed by atoms with Gasteiger partial charge in [0.2, 0.25) is 10.0 Å². The second-order valence-corrected chi connectivity index (χ2v) is 7.29. The average Bonchev–Trinajstić information content (AvgIpc) is 2.78. The van der Waals surface area contributed by atoms with Gasteiger partial charge in [0.1, 0.15) is 4.90 Å². The lowest BCUT2D eigenvalue weighted by molar-refractivity contribution is 0.559. The minimum atomic E-state index is -3.78. The number of nitrogens with two attached hydrogens (primary N) is 1. The Hall–Kier alpha value is -1.04. The van der Waals surface area contributed by atoms with E-state index in [0.29, 0.717) is 14.6 Å². The number of aromatic nitrogens is 4. The van der Waals surface area contributed by atoms with E-state index in [-0.39, 0.29) is 10.7 Å². The standard InChI is InChI=1S/C9H10Br2N6O2S/c1-4(9-13-16-17-14-9)15-20(18,19)8-6(10)2-5(12)3-7(8)11/h2-4,15H,12H2,1H3,(H,13,14,16,17). The lowest BCUT2D eigenvalue weighted by Gasteiger charge is -2.14. The fourth-order valence-corrected chi connectivity index (χ4v) is 5.35. The second kappa shape index (κ2) is 5.76. The topological polar surface area (TPSA) is 127 Å². The van der Waals surface area contributed by atoms with Crippen molar-refractivity contribution < 1.29 is 8.42 Å². The van der Waals surface area contributed by atoms with Crippen molar-refractivity contribution in [3.05, 3.63) is 26.9 Å². The maximum Gasteiger partial charge on any atom is 0.243 e. The van der Waals surface area contributed by atoms with Crippen LogP contribution in [0.5, 0.6) is 0 Å². The van der Waals surface area contributed by atoms with Gasteiger partial charge in [-0.25, -0.2) is 13.1 Å². The Labute approximate surface area is 131 Å². The molecule has 1 aromatic carbocycles. The lowest BCUT2D eigenvalue weighted by atomic mass is 10.3. The molecule has 20 heavy (non-hydrogen) atoms. The fourth-order valence-electron chi connectivity index (χ4n) is 1.53. The maximum absolute atomic E-state index is 12.4. The van der Waals surface area contributed by atoms with Crippen molar-refractivity contribution in [2.75, 3.05) is 5.73 Å². The van der Waals surface area contributed by atoms with Gasteiger partial charge in [-0.2, -0.15) is 5.21 Å². The highest BCUT2D eigenvalue weighted by atomic mass is 79.9. The van der Waals surface area contributed by atoms with Crippen LogP contribution in [0, 0.1) is 0 Å². The van der Waals surface area contributed by atoms with Gasteiger partial charge in [-0.3, -0.25) is 0 Å². The molecule has 0 bridgehead atoms. The van der Waals surface area contributed by atoms with Crippen LogP contribution in [0.4, 0.5) is 5.69 Å². The number of nitrogens with one attached hydrogen (secondary N) is 2. The smallest absolute Gasteiger partial charge is 0.243 e. The van der Waals surface area contributed by atoms with Crippen molar-refractivity contribution in [2.45, 2.75) is 17.9 Å². The fraction of sp³-hybridized carbons (Fsp3) is 0.222. The molecule has 1 heterocycles. The Bertz CT molecular complexity index is 695. The third kappa shape index (κ3) is 3.16. The van der Waals surface area contributed by atoms with Crippen LogP contribution >= 0.6 is 31.9 Å². The summed E-state index contributed by atoms with van der Waals surface area (Å²) in [5.41, 5.74) is 6.08. The second-order valence-electron chi connectivity index (χ2n) is 3.93. The number of H-pyrrole nitrogens is 1. The number of nitrogen functional groups attached to an aromatic ring is 1. The summed E-state index contributed by atoms with van der Waals surface area (Å²) in [4.78, 5) is 0.0574. The molecular weight excluding hydrogens is 416 g/mol. The van der Waals surface area contributed by atoms with Crippen molar-refractivity contribution >= 4 is 47.6 Å². The van der Waals surface area contributed by atoms with Crippen LogP contribution in [-0.2, 0) is 10.0 Å². The Kier molecular flexibility index (Phi) is 4.42. The molecule has 11 heteroatoms. The average molecular weight is 426 g/mol. The molecule has 1 unspecified atom stereocenters. The summed E-state index contributed by atoms with van der Waals surface area (Å²) in [6.45, 7) is 1.61. The third-order valence-corrected chi connectivity index (χ3v) is 5.79. The summed E-state index contributed by atoms with van der Waals surface area (Å²) in [5, 5.41) is 13.1. The summed E-state index contributed by atoms with van der Waals surface area (Å²) < 4.78 is 28.0. The van der Waals surface area contributed by atoms with Crippen LogP contribution in [-0.4, -0.2) is 29.0 Å². The van der Waals surface area contributed by atoms with E-state index in [9.17, 15) is 8.42 Å². The molecule has 0 radical (unpaired) electrons. The number of hydrogen-bond donors (Lipinski definition) is 3. The van der Waals surface area contributed by atoms with E-state index in [1.165, 1.54) is 12.1 Å². The van der Waals surface area contributed by atoms with Gasteiger partial charge in [-0.15, -0.1) is 10.2 Å². The molecule has 108 valence electrons. The number of sulfonamides is 1. The van der Waals surface area contributed by atoms with Gasteiger partial charge in [0, 0.05) is 14.6 Å². The number of rotatable bonds is 4. The molecule has 2 rings (SSSR count). The SMILES string of the molecule is CC(NS(=O)(=O)c1c(Br)cc(N)cc1Br)c1nn[nH]n1. The summed E-state index contributed by atoms with van der Waals surface area (Å²) in [6, 6.07) is 2.39. The third-order valence-electron chi connectivity index (χ3n) is 2.37. The van der Waals surface area contributed by atoms with Crippen LogP contribution in [0.3, 0.4) is 0 Å². The van der Waals surface area contributed by atoms with Crippen LogP contribution in [0.25, 0.3) is 0 Å². The summed E-state index contributed by atoms with van der Waals surface area (Å²) in [7, 11) is -3.78. The van der Waals surface area contributed by atoms with Gasteiger partial charge in [-0.05, 0) is 50.9 Å². The number of aromatic amines is 1. The van der Waals surface area contributed by atoms with Gasteiger partial charge < -0.3 is 5.73 Å². The minimum Gasteiger partial charge on any atom is -0.399 e. The van der Waals surface area contributed by atoms with Crippen LogP contribution in [0.2, 0.25) is 0 Å². The highest BCUT2D eigenvalue weighted by molar-refractivity contribution is 9.11. The zero-order valence-electron chi connectivity index (χ0n) is 10.1. The molecule has 8 nitrogen and oxygen atoms in total. The van der Waals surface area contributed by atoms with E-state index in [1.54, 1.807) is 6.92 Å². The molecule has 0 saturated heterocycles. The number of anilines is 1. The van der Waals surface area contributed by atoms with Crippen molar-refractivity contribution in [3.63, 3.8) is 0 Å². The van der Waals surface area contributed by atoms with E-state index in [4.69, 9.17) is 5.73 Å². The zero-order valence-corrected chi connectivity index (χ0v) is 14.1. The van der Waals surface area contributed by atoms with Gasteiger partial charge in [0.25, 0.3) is 0 Å². The van der Waals surface area contributed by atoms with E-state index >= 15 is 0 Å². The first kappa shape index (κ1) is 15.4. The van der Waals surface area contributed by atoms with Crippen LogP contribution in [0.15, 0.2) is 26.0 Å². The molecule has 0 aliphatic carbocycles. The first-order valence-electron chi connectivity index (χ1n) is 5.31. The Morgan fingerprint density at radius 1 is 1.35 bits per heavy atom. The summed E-state index contributed by atoms with van der Waals surface area (Å²) >= 11 is 6.39. The monoisotopic (exact) mass is 424 g/mol. The Morgan fingerprint density at radius 2 is 1.95 bits per heavy atom. The van der Waals surface area contributed by atoms with Crippen molar-refractivity contribution in [1.29, 1.82) is 0 Å². The van der Waals surface area contributed by atoms with E-state index < -0.39 is 16.1 Å². The molecule has 4 N–H and O–H groups in total. The Morgan fingerprint density at radius 3 is 2.45 bits per heavy atom. The van der Waals surface area contributed by atoms with Crippen molar-refractivity contribution in [3.8, 4) is 0 Å². The molecule has 0 spiro atoms.